The minimum absolute atomic E-state index is 0.653. The van der Waals surface area contributed by atoms with E-state index in [1.54, 1.807) is 6.08 Å². The molecule has 0 aliphatic carbocycles. The molecule has 1 aromatic carbocycles. The van der Waals surface area contributed by atoms with Crippen molar-refractivity contribution in [1.29, 1.82) is 0 Å². The second-order valence-electron chi connectivity index (χ2n) is 7.40. The summed E-state index contributed by atoms with van der Waals surface area (Å²) >= 11 is 0. The van der Waals surface area contributed by atoms with Crippen molar-refractivity contribution in [3.8, 4) is 0 Å². The van der Waals surface area contributed by atoms with E-state index in [0.29, 0.717) is 5.92 Å². The third kappa shape index (κ3) is 11.3. The molecule has 1 aromatic rings. The molecule has 0 fully saturated rings. The molecule has 0 saturated carbocycles. The normalized spacial score (nSPS) is 12.8. The summed E-state index contributed by atoms with van der Waals surface area (Å²) in [5, 5.41) is 0. The number of hydrogen-bond acceptors (Lipinski definition) is 1. The zero-order chi connectivity index (χ0) is 21.5. The molecule has 0 spiro atoms. The highest BCUT2D eigenvalue weighted by Gasteiger charge is 1.99. The number of benzene rings is 1. The zero-order valence-corrected chi connectivity index (χ0v) is 19.0. The molecule has 0 unspecified atom stereocenters. The first-order valence-corrected chi connectivity index (χ1v) is 10.1. The minimum Gasteiger partial charge on any atom is -0.261 e. The van der Waals surface area contributed by atoms with Crippen molar-refractivity contribution >= 4 is 6.21 Å². The fourth-order valence-corrected chi connectivity index (χ4v) is 2.56. The molecule has 0 atom stereocenters. The third-order valence-electron chi connectivity index (χ3n) is 4.27. The van der Waals surface area contributed by atoms with Gasteiger partial charge in [0.1, 0.15) is 0 Å². The van der Waals surface area contributed by atoms with Crippen LogP contribution in [-0.2, 0) is 0 Å². The van der Waals surface area contributed by atoms with Gasteiger partial charge in [-0.05, 0) is 63.2 Å². The summed E-state index contributed by atoms with van der Waals surface area (Å²) in [4.78, 5) is 4.53. The van der Waals surface area contributed by atoms with E-state index in [1.807, 2.05) is 31.4 Å². The maximum Gasteiger partial charge on any atom is 0.0368 e. The molecule has 0 aromatic heterocycles. The molecule has 0 aliphatic rings. The van der Waals surface area contributed by atoms with Gasteiger partial charge in [-0.1, -0.05) is 93.6 Å². The van der Waals surface area contributed by atoms with Gasteiger partial charge in [0.25, 0.3) is 0 Å². The lowest BCUT2D eigenvalue weighted by atomic mass is 10.0. The van der Waals surface area contributed by atoms with Crippen LogP contribution in [0.15, 0.2) is 89.1 Å². The Morgan fingerprint density at radius 1 is 1.14 bits per heavy atom. The van der Waals surface area contributed by atoms with Gasteiger partial charge in [0.15, 0.2) is 0 Å². The lowest BCUT2D eigenvalue weighted by molar-refractivity contribution is 0.866. The topological polar surface area (TPSA) is 12.4 Å². The average Bonchev–Trinajstić information content (AvgIpc) is 2.65. The average molecular weight is 378 g/mol. The number of aliphatic imine (C=N–C) groups is 1. The van der Waals surface area contributed by atoms with Crippen LogP contribution in [0.4, 0.5) is 0 Å². The second-order valence-corrected chi connectivity index (χ2v) is 7.40. The predicted octanol–water partition coefficient (Wildman–Crippen LogP) is 8.51. The van der Waals surface area contributed by atoms with E-state index in [4.69, 9.17) is 0 Å². The van der Waals surface area contributed by atoms with Gasteiger partial charge in [0, 0.05) is 11.9 Å². The Hall–Kier alpha value is -2.41. The Labute approximate surface area is 174 Å². The van der Waals surface area contributed by atoms with Crippen LogP contribution in [0.25, 0.3) is 0 Å². The van der Waals surface area contributed by atoms with E-state index >= 15 is 0 Å². The Morgan fingerprint density at radius 3 is 2.18 bits per heavy atom. The van der Waals surface area contributed by atoms with Gasteiger partial charge in [-0.15, -0.1) is 0 Å². The summed E-state index contributed by atoms with van der Waals surface area (Å²) in [6, 6.07) is 8.71. The smallest absolute Gasteiger partial charge is 0.0368 e. The van der Waals surface area contributed by atoms with E-state index in [1.165, 1.54) is 22.3 Å². The molecule has 1 heteroatoms. The summed E-state index contributed by atoms with van der Waals surface area (Å²) < 4.78 is 0. The Kier molecular flexibility index (Phi) is 13.4. The van der Waals surface area contributed by atoms with Crippen molar-refractivity contribution in [2.24, 2.45) is 4.99 Å². The highest BCUT2D eigenvalue weighted by molar-refractivity contribution is 5.83. The first-order chi connectivity index (χ1) is 13.2. The van der Waals surface area contributed by atoms with E-state index in [0.717, 1.165) is 24.1 Å². The summed E-state index contributed by atoms with van der Waals surface area (Å²) in [7, 11) is 0. The number of allylic oxidation sites excluding steroid dienone is 8. The van der Waals surface area contributed by atoms with Gasteiger partial charge in [-0.3, -0.25) is 4.99 Å². The first kappa shape index (κ1) is 25.6. The Balaban J connectivity index is 0.000000609. The fourth-order valence-electron chi connectivity index (χ4n) is 2.56. The summed E-state index contributed by atoms with van der Waals surface area (Å²) in [5.74, 6) is 0.653. The van der Waals surface area contributed by atoms with E-state index < -0.39 is 0 Å². The van der Waals surface area contributed by atoms with Crippen LogP contribution < -0.4 is 0 Å². The second kappa shape index (κ2) is 14.6. The summed E-state index contributed by atoms with van der Waals surface area (Å²) in [6.07, 6.45) is 11.6. The quantitative estimate of drug-likeness (QED) is 0.244. The van der Waals surface area contributed by atoms with Gasteiger partial charge < -0.3 is 0 Å². The van der Waals surface area contributed by atoms with Crippen LogP contribution in [0, 0.1) is 6.92 Å². The molecule has 0 heterocycles. The van der Waals surface area contributed by atoms with Crippen molar-refractivity contribution in [2.45, 2.75) is 67.2 Å². The maximum atomic E-state index is 4.53. The number of hydrogen-bond donors (Lipinski definition) is 0. The number of rotatable bonds is 8. The molecule has 0 saturated heterocycles. The molecule has 28 heavy (non-hydrogen) atoms. The van der Waals surface area contributed by atoms with E-state index in [-0.39, 0.29) is 0 Å². The van der Waals surface area contributed by atoms with Gasteiger partial charge in [0.2, 0.25) is 0 Å². The van der Waals surface area contributed by atoms with Crippen LogP contribution in [0.1, 0.15) is 71.4 Å². The molecule has 0 aliphatic heterocycles. The predicted molar refractivity (Wildman–Crippen MR) is 129 cm³/mol. The molecule has 0 N–H and O–H groups in total. The van der Waals surface area contributed by atoms with Crippen LogP contribution in [0.2, 0.25) is 0 Å². The van der Waals surface area contributed by atoms with E-state index in [2.05, 4.69) is 84.0 Å². The minimum atomic E-state index is 0.653. The molecule has 0 amide bonds. The van der Waals surface area contributed by atoms with Gasteiger partial charge >= 0.3 is 0 Å². The van der Waals surface area contributed by atoms with Crippen molar-refractivity contribution in [3.05, 3.63) is 95.3 Å². The van der Waals surface area contributed by atoms with Gasteiger partial charge in [-0.2, -0.15) is 0 Å². The number of aryl methyl sites for hydroxylation is 1. The monoisotopic (exact) mass is 377 g/mol. The molecule has 152 valence electrons. The SMILES string of the molecule is C=C/C=C(\C=C/C)/C=N/C(C)=C(/CC)CC(=C)C.Cc1ccc(C(C)C)cc1. The third-order valence-corrected chi connectivity index (χ3v) is 4.27. The van der Waals surface area contributed by atoms with Crippen molar-refractivity contribution in [2.75, 3.05) is 0 Å². The lowest BCUT2D eigenvalue weighted by Gasteiger charge is -2.06. The van der Waals surface area contributed by atoms with Crippen molar-refractivity contribution in [1.82, 2.24) is 0 Å². The highest BCUT2D eigenvalue weighted by Crippen LogP contribution is 2.18. The Morgan fingerprint density at radius 2 is 1.75 bits per heavy atom. The number of nitrogens with zero attached hydrogens (tertiary/aromatic N) is 1. The first-order valence-electron chi connectivity index (χ1n) is 10.1. The largest absolute Gasteiger partial charge is 0.261 e. The van der Waals surface area contributed by atoms with Gasteiger partial charge in [0.05, 0.1) is 0 Å². The van der Waals surface area contributed by atoms with Crippen molar-refractivity contribution < 1.29 is 0 Å². The van der Waals surface area contributed by atoms with Crippen LogP contribution >= 0.6 is 0 Å². The maximum absolute atomic E-state index is 4.53. The summed E-state index contributed by atoms with van der Waals surface area (Å²) in [5.41, 5.74) is 7.42. The molecule has 1 nitrogen and oxygen atoms in total. The molecule has 0 bridgehead atoms. The zero-order valence-electron chi connectivity index (χ0n) is 19.0. The lowest BCUT2D eigenvalue weighted by Crippen LogP contribution is -1.89. The van der Waals surface area contributed by atoms with Gasteiger partial charge in [-0.25, -0.2) is 0 Å². The highest BCUT2D eigenvalue weighted by atomic mass is 14.7. The Bertz CT molecular complexity index is 722. The molecular formula is C27H39N. The molecular weight excluding hydrogens is 338 g/mol. The van der Waals surface area contributed by atoms with Crippen LogP contribution in [0.3, 0.4) is 0 Å². The fraction of sp³-hybridized carbons (Fsp3) is 0.370. The summed E-state index contributed by atoms with van der Waals surface area (Å²) in [6.45, 7) is 22.5. The standard InChI is InChI=1S/C17H25N.C10H14/c1-7-10-16(11-8-2)13-18-15(6)17(9-3)12-14(4)5;1-8(2)10-6-4-9(3)5-7-10/h7-8,10-11,13H,1,4,9,12H2,2-3,5-6H3;4-8H,1-3H3/b11-8-,16-10+,17-15-,18-13+;. The van der Waals surface area contributed by atoms with E-state index in [9.17, 15) is 0 Å². The van der Waals surface area contributed by atoms with Crippen LogP contribution in [0.5, 0.6) is 0 Å². The molecule has 1 rings (SSSR count). The molecule has 0 radical (unpaired) electrons. The van der Waals surface area contributed by atoms with Crippen LogP contribution in [-0.4, -0.2) is 6.21 Å². The van der Waals surface area contributed by atoms with Crippen molar-refractivity contribution in [3.63, 3.8) is 0 Å².